The van der Waals surface area contributed by atoms with Crippen molar-refractivity contribution in [3.8, 4) is 0 Å². The fourth-order valence-corrected chi connectivity index (χ4v) is 3.00. The Labute approximate surface area is 178 Å². The van der Waals surface area contributed by atoms with Crippen molar-refractivity contribution in [2.75, 3.05) is 11.9 Å². The first kappa shape index (κ1) is 21.1. The predicted molar refractivity (Wildman–Crippen MR) is 111 cm³/mol. The van der Waals surface area contributed by atoms with Crippen molar-refractivity contribution >= 4 is 34.9 Å². The molecule has 1 unspecified atom stereocenters. The normalized spacial score (nSPS) is 11.8. The second-order valence-electron chi connectivity index (χ2n) is 6.40. The number of aromatic nitrogens is 2. The summed E-state index contributed by atoms with van der Waals surface area (Å²) in [5.74, 6) is 0.748. The van der Waals surface area contributed by atoms with Crippen molar-refractivity contribution in [1.82, 2.24) is 15.5 Å². The Morgan fingerprint density at radius 1 is 0.966 bits per heavy atom. The summed E-state index contributed by atoms with van der Waals surface area (Å²) < 4.78 is 5.53. The van der Waals surface area contributed by atoms with Crippen molar-refractivity contribution in [1.29, 1.82) is 0 Å². The quantitative estimate of drug-likeness (QED) is 0.499. The van der Waals surface area contributed by atoms with E-state index in [1.807, 2.05) is 12.1 Å². The SMILES string of the molecule is O=C(Nc1ccc(Cl)cc1)NC(Cc1ccc(Cl)cc1)Cc1nnc(CCO)o1. The molecule has 2 amide bonds. The van der Waals surface area contributed by atoms with Gasteiger partial charge >= 0.3 is 6.03 Å². The maximum atomic E-state index is 12.5. The Morgan fingerprint density at radius 3 is 2.24 bits per heavy atom. The average molecular weight is 435 g/mol. The van der Waals surface area contributed by atoms with Gasteiger partial charge in [-0.15, -0.1) is 10.2 Å². The first-order chi connectivity index (χ1) is 14.0. The van der Waals surface area contributed by atoms with Crippen LogP contribution in [-0.4, -0.2) is 34.0 Å². The molecule has 29 heavy (non-hydrogen) atoms. The number of halogens is 2. The summed E-state index contributed by atoms with van der Waals surface area (Å²) >= 11 is 11.8. The van der Waals surface area contributed by atoms with Gasteiger partial charge in [0, 0.05) is 34.6 Å². The van der Waals surface area contributed by atoms with Gasteiger partial charge in [-0.05, 0) is 48.4 Å². The van der Waals surface area contributed by atoms with Crippen LogP contribution in [0.3, 0.4) is 0 Å². The fourth-order valence-electron chi connectivity index (χ4n) is 2.74. The van der Waals surface area contributed by atoms with Crippen LogP contribution in [0, 0.1) is 0 Å². The van der Waals surface area contributed by atoms with Gasteiger partial charge in [0.2, 0.25) is 11.8 Å². The lowest BCUT2D eigenvalue weighted by Crippen LogP contribution is -2.40. The third-order valence-corrected chi connectivity index (χ3v) is 4.59. The second kappa shape index (κ2) is 10.2. The van der Waals surface area contributed by atoms with Crippen LogP contribution in [0.15, 0.2) is 52.9 Å². The summed E-state index contributed by atoms with van der Waals surface area (Å²) in [7, 11) is 0. The topological polar surface area (TPSA) is 100 Å². The van der Waals surface area contributed by atoms with Gasteiger partial charge in [-0.25, -0.2) is 4.79 Å². The molecule has 0 saturated heterocycles. The van der Waals surface area contributed by atoms with E-state index in [2.05, 4.69) is 20.8 Å². The van der Waals surface area contributed by atoms with Crippen LogP contribution in [-0.2, 0) is 19.3 Å². The van der Waals surface area contributed by atoms with Crippen molar-refractivity contribution in [2.24, 2.45) is 0 Å². The molecule has 0 aliphatic heterocycles. The monoisotopic (exact) mass is 434 g/mol. The van der Waals surface area contributed by atoms with Gasteiger partial charge in [0.05, 0.1) is 6.61 Å². The molecular formula is C20H20Cl2N4O3. The van der Waals surface area contributed by atoms with Crippen LogP contribution in [0.2, 0.25) is 10.0 Å². The van der Waals surface area contributed by atoms with Crippen LogP contribution < -0.4 is 10.6 Å². The molecule has 7 nitrogen and oxygen atoms in total. The zero-order valence-corrected chi connectivity index (χ0v) is 17.0. The molecule has 0 spiro atoms. The van der Waals surface area contributed by atoms with E-state index in [0.29, 0.717) is 46.8 Å². The number of amides is 2. The molecule has 3 aromatic rings. The zero-order chi connectivity index (χ0) is 20.6. The molecule has 2 aromatic carbocycles. The molecule has 9 heteroatoms. The number of benzene rings is 2. The minimum Gasteiger partial charge on any atom is -0.425 e. The minimum absolute atomic E-state index is 0.0718. The lowest BCUT2D eigenvalue weighted by Gasteiger charge is -2.18. The maximum Gasteiger partial charge on any atom is 0.319 e. The third kappa shape index (κ3) is 6.74. The van der Waals surface area contributed by atoms with Crippen molar-refractivity contribution in [3.05, 3.63) is 75.9 Å². The van der Waals surface area contributed by atoms with Crippen molar-refractivity contribution < 1.29 is 14.3 Å². The highest BCUT2D eigenvalue weighted by Crippen LogP contribution is 2.15. The molecule has 0 fully saturated rings. The molecule has 1 atom stereocenters. The average Bonchev–Trinajstić information content (AvgIpc) is 3.12. The standard InChI is InChI=1S/C20H20Cl2N4O3/c21-14-3-1-13(2-4-14)11-17(12-19-26-25-18(29-19)9-10-27)24-20(28)23-16-7-5-15(22)6-8-16/h1-8,17,27H,9-12H2,(H2,23,24,28). The zero-order valence-electron chi connectivity index (χ0n) is 15.4. The van der Waals surface area contributed by atoms with E-state index in [1.165, 1.54) is 0 Å². The van der Waals surface area contributed by atoms with Gasteiger partial charge in [-0.2, -0.15) is 0 Å². The minimum atomic E-state index is -0.360. The predicted octanol–water partition coefficient (Wildman–Crippen LogP) is 3.89. The van der Waals surface area contributed by atoms with Gasteiger partial charge in [-0.3, -0.25) is 0 Å². The number of anilines is 1. The number of carbonyl (C=O) groups is 1. The number of aliphatic hydroxyl groups excluding tert-OH is 1. The molecule has 0 radical (unpaired) electrons. The second-order valence-corrected chi connectivity index (χ2v) is 7.27. The van der Waals surface area contributed by atoms with Gasteiger partial charge < -0.3 is 20.2 Å². The third-order valence-electron chi connectivity index (χ3n) is 4.09. The van der Waals surface area contributed by atoms with E-state index in [9.17, 15) is 4.79 Å². The van der Waals surface area contributed by atoms with E-state index in [1.54, 1.807) is 36.4 Å². The number of rotatable bonds is 8. The van der Waals surface area contributed by atoms with E-state index >= 15 is 0 Å². The summed E-state index contributed by atoms with van der Waals surface area (Å²) in [6.07, 6.45) is 1.18. The Morgan fingerprint density at radius 2 is 1.59 bits per heavy atom. The summed E-state index contributed by atoms with van der Waals surface area (Å²) in [4.78, 5) is 12.5. The first-order valence-corrected chi connectivity index (χ1v) is 9.77. The first-order valence-electron chi connectivity index (χ1n) is 9.01. The summed E-state index contributed by atoms with van der Waals surface area (Å²) in [5.41, 5.74) is 1.63. The Bertz CT molecular complexity index is 930. The summed E-state index contributed by atoms with van der Waals surface area (Å²) in [6, 6.07) is 13.6. The molecule has 3 N–H and O–H groups in total. The molecule has 1 aromatic heterocycles. The molecular weight excluding hydrogens is 415 g/mol. The number of aliphatic hydroxyl groups is 1. The highest BCUT2D eigenvalue weighted by Gasteiger charge is 2.18. The maximum absolute atomic E-state index is 12.5. The lowest BCUT2D eigenvalue weighted by molar-refractivity contribution is 0.247. The molecule has 0 saturated carbocycles. The highest BCUT2D eigenvalue weighted by molar-refractivity contribution is 6.30. The van der Waals surface area contributed by atoms with E-state index in [-0.39, 0.29) is 18.7 Å². The van der Waals surface area contributed by atoms with Crippen molar-refractivity contribution in [2.45, 2.75) is 25.3 Å². The van der Waals surface area contributed by atoms with Crippen molar-refractivity contribution in [3.63, 3.8) is 0 Å². The number of hydrogen-bond acceptors (Lipinski definition) is 5. The van der Waals surface area contributed by atoms with Gasteiger partial charge in [0.25, 0.3) is 0 Å². The van der Waals surface area contributed by atoms with Gasteiger partial charge in [-0.1, -0.05) is 35.3 Å². The van der Waals surface area contributed by atoms with Crippen LogP contribution in [0.25, 0.3) is 0 Å². The van der Waals surface area contributed by atoms with E-state index in [0.717, 1.165) is 5.56 Å². The molecule has 0 aliphatic rings. The Kier molecular flexibility index (Phi) is 7.46. The number of carbonyl (C=O) groups excluding carboxylic acids is 1. The molecule has 3 rings (SSSR count). The molecule has 1 heterocycles. The van der Waals surface area contributed by atoms with Gasteiger partial charge in [0.15, 0.2) is 0 Å². The smallest absolute Gasteiger partial charge is 0.319 e. The van der Waals surface area contributed by atoms with Crippen LogP contribution in [0.4, 0.5) is 10.5 Å². The summed E-state index contributed by atoms with van der Waals surface area (Å²) in [6.45, 7) is -0.0718. The number of urea groups is 1. The van der Waals surface area contributed by atoms with E-state index in [4.69, 9.17) is 32.7 Å². The number of hydrogen-bond donors (Lipinski definition) is 3. The van der Waals surface area contributed by atoms with Crippen LogP contribution >= 0.6 is 23.2 Å². The van der Waals surface area contributed by atoms with Crippen LogP contribution in [0.5, 0.6) is 0 Å². The molecule has 152 valence electrons. The molecule has 0 bridgehead atoms. The Hall–Kier alpha value is -2.61. The number of nitrogens with one attached hydrogen (secondary N) is 2. The fraction of sp³-hybridized carbons (Fsp3) is 0.250. The van der Waals surface area contributed by atoms with E-state index < -0.39 is 0 Å². The largest absolute Gasteiger partial charge is 0.425 e. The summed E-state index contributed by atoms with van der Waals surface area (Å²) in [5, 5.41) is 23.8. The highest BCUT2D eigenvalue weighted by atomic mass is 35.5. The lowest BCUT2D eigenvalue weighted by atomic mass is 10.0. The van der Waals surface area contributed by atoms with Gasteiger partial charge in [0.1, 0.15) is 0 Å². The molecule has 0 aliphatic carbocycles. The Balaban J connectivity index is 1.69. The number of nitrogens with zero attached hydrogens (tertiary/aromatic N) is 2. The van der Waals surface area contributed by atoms with Crippen LogP contribution in [0.1, 0.15) is 17.3 Å².